The van der Waals surface area contributed by atoms with Crippen LogP contribution in [0.1, 0.15) is 59.4 Å². The Balaban J connectivity index is 1.09. The van der Waals surface area contributed by atoms with Crippen LogP contribution >= 0.6 is 11.6 Å². The van der Waals surface area contributed by atoms with Crippen molar-refractivity contribution in [2.45, 2.75) is 63.9 Å². The third kappa shape index (κ3) is 5.85. The third-order valence-corrected chi connectivity index (χ3v) is 9.61. The lowest BCUT2D eigenvalue weighted by molar-refractivity contribution is -0.0592. The molecule has 2 fully saturated rings. The van der Waals surface area contributed by atoms with Gasteiger partial charge in [-0.05, 0) is 69.0 Å². The Bertz CT molecular complexity index is 1920. The smallest absolute Gasteiger partial charge is 0.337 e. The molecule has 3 atom stereocenters. The quantitative estimate of drug-likeness (QED) is 0.152. The molecule has 0 aliphatic carbocycles. The van der Waals surface area contributed by atoms with Gasteiger partial charge in [0.2, 0.25) is 0 Å². The van der Waals surface area contributed by atoms with Crippen LogP contribution in [0.25, 0.3) is 22.0 Å². The van der Waals surface area contributed by atoms with Crippen molar-refractivity contribution in [3.63, 3.8) is 0 Å². The number of piperidine rings is 1. The molecule has 0 amide bonds. The number of nitrogens with zero attached hydrogens (tertiary/aromatic N) is 3. The van der Waals surface area contributed by atoms with Crippen molar-refractivity contribution in [3.8, 4) is 5.75 Å². The molecule has 0 radical (unpaired) electrons. The summed E-state index contributed by atoms with van der Waals surface area (Å²) in [6, 6.07) is 14.5. The van der Waals surface area contributed by atoms with Crippen LogP contribution in [0, 0.1) is 11.8 Å². The number of para-hydroxylation sites is 1. The Morgan fingerprint density at radius 2 is 1.98 bits per heavy atom. The number of fused-ring (bicyclic) bond motifs is 2. The van der Waals surface area contributed by atoms with Crippen molar-refractivity contribution in [3.05, 3.63) is 94.0 Å². The standard InChI is InChI=1S/C35H34ClF2N3O5/c1-20-14-21(25-4-3-5-28(37)34(25)45-19-23-6-8-27(36)26-16-31(38)46-33(23)26)10-12-40(20)18-32-39-29-9-7-22(35(42)43-2)15-30(29)41(32)17-24-11-13-44-24/h3-9,15-16,20-21,24H,10-14,17-19H2,1-2H3/t20-,21?,24-/m0/s1. The molecular weight excluding hydrogens is 616 g/mol. The van der Waals surface area contributed by atoms with E-state index in [1.807, 2.05) is 18.2 Å². The van der Waals surface area contributed by atoms with Crippen LogP contribution in [-0.4, -0.2) is 52.8 Å². The normalized spacial score (nSPS) is 20.2. The van der Waals surface area contributed by atoms with E-state index in [1.165, 1.54) is 19.2 Å². The first-order valence-electron chi connectivity index (χ1n) is 15.5. The van der Waals surface area contributed by atoms with Crippen LogP contribution in [-0.2, 0) is 29.2 Å². The topological polar surface area (TPSA) is 79.0 Å². The highest BCUT2D eigenvalue weighted by Gasteiger charge is 2.31. The Labute approximate surface area is 269 Å². The zero-order chi connectivity index (χ0) is 31.9. The number of imidazole rings is 1. The summed E-state index contributed by atoms with van der Waals surface area (Å²) >= 11 is 6.21. The first kappa shape index (κ1) is 30.7. The van der Waals surface area contributed by atoms with Crippen molar-refractivity contribution < 1.29 is 32.2 Å². The van der Waals surface area contributed by atoms with Crippen LogP contribution in [0.4, 0.5) is 8.78 Å². The van der Waals surface area contributed by atoms with Crippen LogP contribution in [0.15, 0.2) is 59.0 Å². The number of esters is 1. The number of furan rings is 1. The number of rotatable bonds is 9. The van der Waals surface area contributed by atoms with E-state index in [9.17, 15) is 9.18 Å². The maximum atomic E-state index is 15.2. The number of aromatic nitrogens is 2. The molecule has 1 unspecified atom stereocenters. The van der Waals surface area contributed by atoms with Crippen LogP contribution in [0.2, 0.25) is 5.02 Å². The summed E-state index contributed by atoms with van der Waals surface area (Å²) in [5.74, 6) is 0.363. The molecule has 2 aliphatic rings. The molecule has 7 rings (SSSR count). The lowest BCUT2D eigenvalue weighted by Gasteiger charge is -2.38. The molecule has 2 aromatic heterocycles. The number of ether oxygens (including phenoxy) is 3. The summed E-state index contributed by atoms with van der Waals surface area (Å²) in [5, 5.41) is 0.824. The van der Waals surface area contributed by atoms with Gasteiger partial charge in [-0.15, -0.1) is 0 Å². The molecule has 2 saturated heterocycles. The molecule has 11 heteroatoms. The lowest BCUT2D eigenvalue weighted by atomic mass is 9.85. The number of hydrogen-bond donors (Lipinski definition) is 0. The van der Waals surface area contributed by atoms with Crippen molar-refractivity contribution >= 4 is 39.6 Å². The van der Waals surface area contributed by atoms with Gasteiger partial charge in [0.25, 0.3) is 6.01 Å². The number of methoxy groups -OCH3 is 1. The van der Waals surface area contributed by atoms with Gasteiger partial charge in [-0.2, -0.15) is 4.39 Å². The maximum Gasteiger partial charge on any atom is 0.337 e. The van der Waals surface area contributed by atoms with Crippen molar-refractivity contribution in [1.29, 1.82) is 0 Å². The number of hydrogen-bond acceptors (Lipinski definition) is 7. The predicted octanol–water partition coefficient (Wildman–Crippen LogP) is 7.64. The predicted molar refractivity (Wildman–Crippen MR) is 169 cm³/mol. The van der Waals surface area contributed by atoms with Gasteiger partial charge in [0.1, 0.15) is 18.0 Å². The molecule has 0 spiro atoms. The fourth-order valence-corrected chi connectivity index (χ4v) is 6.88. The van der Waals surface area contributed by atoms with E-state index in [1.54, 1.807) is 24.3 Å². The summed E-state index contributed by atoms with van der Waals surface area (Å²) in [6.07, 6.45) is 2.70. The van der Waals surface area contributed by atoms with Gasteiger partial charge in [-0.3, -0.25) is 4.90 Å². The molecule has 0 saturated carbocycles. The summed E-state index contributed by atoms with van der Waals surface area (Å²) in [4.78, 5) is 19.6. The van der Waals surface area contributed by atoms with E-state index in [2.05, 4.69) is 16.4 Å². The van der Waals surface area contributed by atoms with Gasteiger partial charge < -0.3 is 23.2 Å². The van der Waals surface area contributed by atoms with Crippen LogP contribution in [0.3, 0.4) is 0 Å². The highest BCUT2D eigenvalue weighted by Crippen LogP contribution is 2.39. The first-order valence-corrected chi connectivity index (χ1v) is 15.9. The second kappa shape index (κ2) is 12.7. The third-order valence-electron chi connectivity index (χ3n) is 9.28. The van der Waals surface area contributed by atoms with Crippen molar-refractivity contribution in [1.82, 2.24) is 14.5 Å². The van der Waals surface area contributed by atoms with E-state index < -0.39 is 11.8 Å². The number of carbonyl (C=O) groups excluding carboxylic acids is 1. The fraction of sp³-hybridized carbons (Fsp3) is 0.371. The van der Waals surface area contributed by atoms with E-state index in [-0.39, 0.29) is 36.4 Å². The highest BCUT2D eigenvalue weighted by molar-refractivity contribution is 6.35. The van der Waals surface area contributed by atoms with Gasteiger partial charge >= 0.3 is 5.97 Å². The molecule has 240 valence electrons. The average Bonchev–Trinajstić information content (AvgIpc) is 3.59. The minimum atomic E-state index is -0.741. The Morgan fingerprint density at radius 1 is 1.13 bits per heavy atom. The Hall–Kier alpha value is -3.99. The van der Waals surface area contributed by atoms with Gasteiger partial charge in [0, 0.05) is 35.2 Å². The minimum Gasteiger partial charge on any atom is -0.485 e. The van der Waals surface area contributed by atoms with Crippen molar-refractivity contribution in [2.75, 3.05) is 20.3 Å². The van der Waals surface area contributed by atoms with Crippen LogP contribution in [0.5, 0.6) is 5.75 Å². The first-order chi connectivity index (χ1) is 22.3. The maximum absolute atomic E-state index is 15.2. The van der Waals surface area contributed by atoms with Gasteiger partial charge in [-0.25, -0.2) is 14.2 Å². The molecule has 2 aliphatic heterocycles. The van der Waals surface area contributed by atoms with Gasteiger partial charge in [0.05, 0.1) is 47.9 Å². The van der Waals surface area contributed by atoms with E-state index in [0.29, 0.717) is 40.2 Å². The minimum absolute atomic E-state index is 0.00156. The number of carbonyl (C=O) groups is 1. The SMILES string of the molecule is COC(=O)c1ccc2nc(CN3CCC(c4cccc(F)c4OCc4ccc(Cl)c5cc(F)oc45)C[C@@H]3C)n(C[C@@H]3CCO3)c2c1. The molecule has 0 N–H and O–H groups in total. The molecule has 3 aromatic carbocycles. The van der Waals surface area contributed by atoms with E-state index >= 15 is 4.39 Å². The molecular formula is C35H34ClF2N3O5. The molecule has 46 heavy (non-hydrogen) atoms. The second-order valence-corrected chi connectivity index (χ2v) is 12.5. The summed E-state index contributed by atoms with van der Waals surface area (Å²) < 4.78 is 53.3. The molecule has 4 heterocycles. The Morgan fingerprint density at radius 3 is 2.74 bits per heavy atom. The molecule has 5 aromatic rings. The monoisotopic (exact) mass is 649 g/mol. The largest absolute Gasteiger partial charge is 0.485 e. The van der Waals surface area contributed by atoms with Crippen LogP contribution < -0.4 is 4.74 Å². The zero-order valence-electron chi connectivity index (χ0n) is 25.6. The summed E-state index contributed by atoms with van der Waals surface area (Å²) in [7, 11) is 1.38. The summed E-state index contributed by atoms with van der Waals surface area (Å²) in [5.41, 5.74) is 3.87. The van der Waals surface area contributed by atoms with Gasteiger partial charge in [-0.1, -0.05) is 29.8 Å². The lowest BCUT2D eigenvalue weighted by Crippen LogP contribution is -2.40. The number of halogens is 3. The van der Waals surface area contributed by atoms with Crippen molar-refractivity contribution in [2.24, 2.45) is 0 Å². The zero-order valence-corrected chi connectivity index (χ0v) is 26.4. The van der Waals surface area contributed by atoms with E-state index in [4.69, 9.17) is 35.2 Å². The molecule has 8 nitrogen and oxygen atoms in total. The number of benzene rings is 3. The van der Waals surface area contributed by atoms with Gasteiger partial charge in [0.15, 0.2) is 11.6 Å². The molecule has 0 bridgehead atoms. The average molecular weight is 650 g/mol. The highest BCUT2D eigenvalue weighted by atomic mass is 35.5. The second-order valence-electron chi connectivity index (χ2n) is 12.1. The fourth-order valence-electron chi connectivity index (χ4n) is 6.67. The Kier molecular flexibility index (Phi) is 8.44. The number of likely N-dealkylation sites (tertiary alicyclic amines) is 1. The summed E-state index contributed by atoms with van der Waals surface area (Å²) in [6.45, 7) is 5.00. The van der Waals surface area contributed by atoms with E-state index in [0.717, 1.165) is 54.8 Å².